The highest BCUT2D eigenvalue weighted by Gasteiger charge is 2.35. The Labute approximate surface area is 180 Å². The summed E-state index contributed by atoms with van der Waals surface area (Å²) in [7, 11) is 3.19. The first-order valence-electron chi connectivity index (χ1n) is 9.67. The quantitative estimate of drug-likeness (QED) is 0.675. The summed E-state index contributed by atoms with van der Waals surface area (Å²) >= 11 is 6.08. The first-order valence-corrected chi connectivity index (χ1v) is 10.0. The molecule has 0 saturated carbocycles. The second-order valence-electron chi connectivity index (χ2n) is 7.42. The fourth-order valence-electron chi connectivity index (χ4n) is 3.91. The van der Waals surface area contributed by atoms with Crippen molar-refractivity contribution in [2.45, 2.75) is 18.4 Å². The lowest BCUT2D eigenvalue weighted by Crippen LogP contribution is -2.43. The number of anilines is 1. The number of hydrogen-bond donors (Lipinski definition) is 1. The Hall–Kier alpha value is -3.01. The zero-order chi connectivity index (χ0) is 21.3. The van der Waals surface area contributed by atoms with E-state index < -0.39 is 5.60 Å². The van der Waals surface area contributed by atoms with Gasteiger partial charge < -0.3 is 19.5 Å². The van der Waals surface area contributed by atoms with Gasteiger partial charge in [0, 0.05) is 29.6 Å². The van der Waals surface area contributed by atoms with Crippen molar-refractivity contribution in [3.63, 3.8) is 0 Å². The predicted octanol–water partition coefficient (Wildman–Crippen LogP) is 4.27. The molecule has 1 aromatic heterocycles. The van der Waals surface area contributed by atoms with Crippen LogP contribution in [0.5, 0.6) is 11.5 Å². The molecule has 0 radical (unpaired) electrons. The molecular weight excluding hydrogens is 402 g/mol. The minimum Gasteiger partial charge on any atom is -0.497 e. The first-order chi connectivity index (χ1) is 14.5. The second kappa shape index (κ2) is 8.02. The standard InChI is InChI=1S/C23H22ClN3O3/c1-29-18-10-16(11-19(13-18)30-2)23(28)5-7-27(8-6-23)22-9-15(14-25)20-12-17(24)3-4-21(20)26-22/h3-4,9-13,28H,5-8H2,1-2H3. The number of benzene rings is 2. The third-order valence-corrected chi connectivity index (χ3v) is 5.92. The molecule has 0 atom stereocenters. The Morgan fingerprint density at radius 3 is 2.33 bits per heavy atom. The summed E-state index contributed by atoms with van der Waals surface area (Å²) in [4.78, 5) is 6.82. The van der Waals surface area contributed by atoms with Gasteiger partial charge in [-0.15, -0.1) is 0 Å². The molecule has 0 unspecified atom stereocenters. The highest BCUT2D eigenvalue weighted by molar-refractivity contribution is 6.31. The van der Waals surface area contributed by atoms with Gasteiger partial charge in [0.2, 0.25) is 0 Å². The summed E-state index contributed by atoms with van der Waals surface area (Å²) in [6, 6.07) is 14.9. The molecule has 0 aliphatic carbocycles. The van der Waals surface area contributed by atoms with Gasteiger partial charge in [-0.2, -0.15) is 5.26 Å². The Balaban J connectivity index is 1.60. The van der Waals surface area contributed by atoms with E-state index in [1.165, 1.54) is 0 Å². The molecule has 0 spiro atoms. The van der Waals surface area contributed by atoms with Gasteiger partial charge >= 0.3 is 0 Å². The van der Waals surface area contributed by atoms with Crippen molar-refractivity contribution in [1.82, 2.24) is 4.98 Å². The number of methoxy groups -OCH3 is 2. The molecule has 6 nitrogen and oxygen atoms in total. The molecule has 7 heteroatoms. The molecule has 0 amide bonds. The van der Waals surface area contributed by atoms with Crippen LogP contribution in [0.1, 0.15) is 24.0 Å². The van der Waals surface area contributed by atoms with Gasteiger partial charge in [0.25, 0.3) is 0 Å². The number of piperidine rings is 1. The third kappa shape index (κ3) is 3.74. The van der Waals surface area contributed by atoms with Crippen LogP contribution < -0.4 is 14.4 Å². The lowest BCUT2D eigenvalue weighted by molar-refractivity contribution is 0.0113. The molecule has 1 N–H and O–H groups in total. The number of aliphatic hydroxyl groups is 1. The zero-order valence-corrected chi connectivity index (χ0v) is 17.6. The highest BCUT2D eigenvalue weighted by atomic mass is 35.5. The van der Waals surface area contributed by atoms with Crippen molar-refractivity contribution >= 4 is 28.3 Å². The minimum absolute atomic E-state index is 0.519. The third-order valence-electron chi connectivity index (χ3n) is 5.68. The molecular formula is C23H22ClN3O3. The van der Waals surface area contributed by atoms with Crippen LogP contribution in [0.4, 0.5) is 5.82 Å². The van der Waals surface area contributed by atoms with Crippen molar-refractivity contribution in [2.75, 3.05) is 32.2 Å². The smallest absolute Gasteiger partial charge is 0.130 e. The number of nitrogens with zero attached hydrogens (tertiary/aromatic N) is 3. The number of rotatable bonds is 4. The van der Waals surface area contributed by atoms with Crippen LogP contribution >= 0.6 is 11.6 Å². The normalized spacial score (nSPS) is 15.6. The van der Waals surface area contributed by atoms with E-state index in [9.17, 15) is 10.4 Å². The maximum absolute atomic E-state index is 11.3. The summed E-state index contributed by atoms with van der Waals surface area (Å²) in [5.74, 6) is 2.02. The number of nitriles is 1. The fraction of sp³-hybridized carbons (Fsp3) is 0.304. The fourth-order valence-corrected chi connectivity index (χ4v) is 4.08. The van der Waals surface area contributed by atoms with Gasteiger partial charge in [-0.1, -0.05) is 11.6 Å². The first kappa shape index (κ1) is 20.3. The Morgan fingerprint density at radius 2 is 1.73 bits per heavy atom. The van der Waals surface area contributed by atoms with Gasteiger partial charge in [0.15, 0.2) is 0 Å². The van der Waals surface area contributed by atoms with Gasteiger partial charge in [-0.25, -0.2) is 4.98 Å². The molecule has 3 aromatic rings. The van der Waals surface area contributed by atoms with Gasteiger partial charge in [-0.3, -0.25) is 0 Å². The molecule has 1 saturated heterocycles. The van der Waals surface area contributed by atoms with E-state index in [0.29, 0.717) is 48.0 Å². The Morgan fingerprint density at radius 1 is 1.07 bits per heavy atom. The molecule has 2 aromatic carbocycles. The van der Waals surface area contributed by atoms with Crippen LogP contribution in [0.25, 0.3) is 10.9 Å². The molecule has 1 aliphatic rings. The summed E-state index contributed by atoms with van der Waals surface area (Å²) in [5.41, 5.74) is 1.06. The van der Waals surface area contributed by atoms with E-state index in [1.54, 1.807) is 38.5 Å². The number of ether oxygens (including phenoxy) is 2. The monoisotopic (exact) mass is 423 g/mol. The van der Waals surface area contributed by atoms with Crippen molar-refractivity contribution in [1.29, 1.82) is 5.26 Å². The molecule has 154 valence electrons. The van der Waals surface area contributed by atoms with E-state index in [1.807, 2.05) is 18.2 Å². The second-order valence-corrected chi connectivity index (χ2v) is 7.86. The molecule has 2 heterocycles. The Kier molecular flexibility index (Phi) is 5.42. The van der Waals surface area contributed by atoms with Crippen LogP contribution in [0.3, 0.4) is 0 Å². The van der Waals surface area contributed by atoms with Crippen molar-refractivity contribution in [2.24, 2.45) is 0 Å². The maximum Gasteiger partial charge on any atom is 0.130 e. The van der Waals surface area contributed by atoms with Crippen molar-refractivity contribution < 1.29 is 14.6 Å². The number of halogens is 1. The topological polar surface area (TPSA) is 78.6 Å². The maximum atomic E-state index is 11.3. The molecule has 30 heavy (non-hydrogen) atoms. The highest BCUT2D eigenvalue weighted by Crippen LogP contribution is 2.38. The van der Waals surface area contributed by atoms with Crippen LogP contribution in [0.2, 0.25) is 5.02 Å². The van der Waals surface area contributed by atoms with E-state index in [2.05, 4.69) is 11.0 Å². The summed E-state index contributed by atoms with van der Waals surface area (Å²) in [6.45, 7) is 1.21. The van der Waals surface area contributed by atoms with Gasteiger partial charge in [0.05, 0.1) is 37.0 Å². The number of fused-ring (bicyclic) bond motifs is 1. The Bertz CT molecular complexity index is 1110. The van der Waals surface area contributed by atoms with Gasteiger partial charge in [-0.05, 0) is 54.8 Å². The molecule has 4 rings (SSSR count). The number of hydrogen-bond acceptors (Lipinski definition) is 6. The average Bonchev–Trinajstić information content (AvgIpc) is 2.78. The van der Waals surface area contributed by atoms with Crippen molar-refractivity contribution in [3.8, 4) is 17.6 Å². The largest absolute Gasteiger partial charge is 0.497 e. The molecule has 1 aliphatic heterocycles. The lowest BCUT2D eigenvalue weighted by Gasteiger charge is -2.39. The SMILES string of the molecule is COc1cc(OC)cc(C2(O)CCN(c3cc(C#N)c4cc(Cl)ccc4n3)CC2)c1. The van der Waals surface area contributed by atoms with E-state index in [-0.39, 0.29) is 0 Å². The average molecular weight is 424 g/mol. The van der Waals surface area contributed by atoms with E-state index >= 15 is 0 Å². The number of pyridine rings is 1. The van der Waals surface area contributed by atoms with Crippen molar-refractivity contribution in [3.05, 3.63) is 58.6 Å². The number of aromatic nitrogens is 1. The van der Waals surface area contributed by atoms with Crippen LogP contribution in [-0.4, -0.2) is 37.4 Å². The van der Waals surface area contributed by atoms with Crippen LogP contribution in [0.15, 0.2) is 42.5 Å². The molecule has 1 fully saturated rings. The summed E-state index contributed by atoms with van der Waals surface area (Å²) in [6.07, 6.45) is 1.04. The van der Waals surface area contributed by atoms with Crippen LogP contribution in [0, 0.1) is 11.3 Å². The van der Waals surface area contributed by atoms with Crippen LogP contribution in [-0.2, 0) is 5.60 Å². The van der Waals surface area contributed by atoms with Gasteiger partial charge in [0.1, 0.15) is 17.3 Å². The molecule has 0 bridgehead atoms. The van der Waals surface area contributed by atoms with E-state index in [0.717, 1.165) is 22.3 Å². The summed E-state index contributed by atoms with van der Waals surface area (Å²) < 4.78 is 10.7. The minimum atomic E-state index is -0.985. The van der Waals surface area contributed by atoms with E-state index in [4.69, 9.17) is 26.1 Å². The zero-order valence-electron chi connectivity index (χ0n) is 16.9. The lowest BCUT2D eigenvalue weighted by atomic mass is 9.84. The predicted molar refractivity (Wildman–Crippen MR) is 116 cm³/mol. The summed E-state index contributed by atoms with van der Waals surface area (Å²) in [5, 5.41) is 22.2.